The smallest absolute Gasteiger partial charge is 0.236 e. The van der Waals surface area contributed by atoms with Gasteiger partial charge in [0.15, 0.2) is 11.5 Å². The zero-order valence-electron chi connectivity index (χ0n) is 17.4. The number of likely N-dealkylation sites (tertiary alicyclic amines) is 1. The first-order valence-corrected chi connectivity index (χ1v) is 10.5. The van der Waals surface area contributed by atoms with Crippen LogP contribution in [0.25, 0.3) is 0 Å². The normalized spacial score (nSPS) is 19.0. The molecule has 0 spiro atoms. The van der Waals surface area contributed by atoms with E-state index in [9.17, 15) is 4.79 Å². The first-order chi connectivity index (χ1) is 14.1. The summed E-state index contributed by atoms with van der Waals surface area (Å²) in [5.41, 5.74) is 3.63. The fraction of sp³-hybridized carbons (Fsp3) is 0.458. The second-order valence-electron chi connectivity index (χ2n) is 8.06. The molecule has 0 bridgehead atoms. The van der Waals surface area contributed by atoms with Crippen LogP contribution in [-0.2, 0) is 11.3 Å². The molecule has 2 heterocycles. The highest BCUT2D eigenvalue weighted by Crippen LogP contribution is 2.37. The Morgan fingerprint density at radius 2 is 1.90 bits per heavy atom. The maximum atomic E-state index is 12.9. The molecule has 0 unspecified atom stereocenters. The molecule has 0 aliphatic carbocycles. The largest absolute Gasteiger partial charge is 0.490 e. The summed E-state index contributed by atoms with van der Waals surface area (Å²) in [5.74, 6) is 1.81. The van der Waals surface area contributed by atoms with Crippen LogP contribution in [-0.4, -0.2) is 49.1 Å². The van der Waals surface area contributed by atoms with Gasteiger partial charge in [0.25, 0.3) is 0 Å². The van der Waals surface area contributed by atoms with E-state index >= 15 is 0 Å². The molecule has 2 aliphatic heterocycles. The van der Waals surface area contributed by atoms with E-state index in [1.165, 1.54) is 16.7 Å². The number of hydrogen-bond donors (Lipinski definition) is 0. The molecule has 0 saturated carbocycles. The average Bonchev–Trinajstić information content (AvgIpc) is 3.05. The summed E-state index contributed by atoms with van der Waals surface area (Å²) in [5, 5.41) is 0. The Morgan fingerprint density at radius 1 is 1.10 bits per heavy atom. The number of nitrogens with zero attached hydrogens (tertiary/aromatic N) is 2. The van der Waals surface area contributed by atoms with E-state index < -0.39 is 0 Å². The summed E-state index contributed by atoms with van der Waals surface area (Å²) in [6, 6.07) is 14.7. The molecule has 4 rings (SSSR count). The third-order valence-electron chi connectivity index (χ3n) is 5.95. The van der Waals surface area contributed by atoms with Gasteiger partial charge < -0.3 is 14.4 Å². The lowest BCUT2D eigenvalue weighted by Crippen LogP contribution is -2.38. The third kappa shape index (κ3) is 4.56. The van der Waals surface area contributed by atoms with Crippen molar-refractivity contribution in [1.82, 2.24) is 9.80 Å². The van der Waals surface area contributed by atoms with Gasteiger partial charge in [-0.2, -0.15) is 0 Å². The van der Waals surface area contributed by atoms with Gasteiger partial charge in [0, 0.05) is 26.1 Å². The predicted octanol–water partition coefficient (Wildman–Crippen LogP) is 3.95. The van der Waals surface area contributed by atoms with Crippen molar-refractivity contribution < 1.29 is 14.3 Å². The highest BCUT2D eigenvalue weighted by Gasteiger charge is 2.29. The van der Waals surface area contributed by atoms with Crippen molar-refractivity contribution >= 4 is 5.91 Å². The van der Waals surface area contributed by atoms with Crippen molar-refractivity contribution in [2.45, 2.75) is 38.8 Å². The number of aryl methyl sites for hydroxylation is 1. The van der Waals surface area contributed by atoms with Crippen molar-refractivity contribution in [2.24, 2.45) is 0 Å². The SMILES string of the molecule is Cc1ccccc1CN(C)C(=O)CN1CCC[C@@H]1c1ccc2c(c1)OCCCO2. The number of hydrogen-bond acceptors (Lipinski definition) is 4. The van der Waals surface area contributed by atoms with Gasteiger partial charge in [0.2, 0.25) is 5.91 Å². The number of benzene rings is 2. The summed E-state index contributed by atoms with van der Waals surface area (Å²) >= 11 is 0. The van der Waals surface area contributed by atoms with Crippen molar-refractivity contribution in [2.75, 3.05) is 33.4 Å². The summed E-state index contributed by atoms with van der Waals surface area (Å²) in [6.45, 7) is 5.52. The van der Waals surface area contributed by atoms with Crippen LogP contribution in [0.1, 0.15) is 42.0 Å². The van der Waals surface area contributed by atoms with Crippen LogP contribution in [0.15, 0.2) is 42.5 Å². The second kappa shape index (κ2) is 8.87. The summed E-state index contributed by atoms with van der Waals surface area (Å²) in [4.78, 5) is 17.0. The minimum atomic E-state index is 0.162. The van der Waals surface area contributed by atoms with Crippen molar-refractivity contribution in [3.05, 3.63) is 59.2 Å². The van der Waals surface area contributed by atoms with E-state index in [0.717, 1.165) is 37.3 Å². The monoisotopic (exact) mass is 394 g/mol. The first kappa shape index (κ1) is 19.8. The standard InChI is InChI=1S/C24H30N2O3/c1-18-7-3-4-8-20(18)16-25(2)24(27)17-26-12-5-9-21(26)19-10-11-22-23(15-19)29-14-6-13-28-22/h3-4,7-8,10-11,15,21H,5-6,9,12-14,16-17H2,1-2H3/t21-/m1/s1. The Morgan fingerprint density at radius 3 is 2.72 bits per heavy atom. The lowest BCUT2D eigenvalue weighted by molar-refractivity contribution is -0.131. The number of rotatable bonds is 5. The van der Waals surface area contributed by atoms with Gasteiger partial charge in [-0.25, -0.2) is 0 Å². The maximum absolute atomic E-state index is 12.9. The van der Waals surface area contributed by atoms with Gasteiger partial charge in [-0.3, -0.25) is 9.69 Å². The zero-order valence-corrected chi connectivity index (χ0v) is 17.4. The second-order valence-corrected chi connectivity index (χ2v) is 8.06. The van der Waals surface area contributed by atoms with Crippen LogP contribution in [0, 0.1) is 6.92 Å². The molecule has 1 saturated heterocycles. The molecule has 0 N–H and O–H groups in total. The Kier molecular flexibility index (Phi) is 6.05. The fourth-order valence-electron chi connectivity index (χ4n) is 4.21. The van der Waals surface area contributed by atoms with E-state index in [4.69, 9.17) is 9.47 Å². The van der Waals surface area contributed by atoms with Crippen LogP contribution in [0.4, 0.5) is 0 Å². The highest BCUT2D eigenvalue weighted by molar-refractivity contribution is 5.78. The molecule has 2 aliphatic rings. The van der Waals surface area contributed by atoms with Gasteiger partial charge >= 0.3 is 0 Å². The van der Waals surface area contributed by atoms with Gasteiger partial charge in [-0.15, -0.1) is 0 Å². The Bertz CT molecular complexity index is 867. The van der Waals surface area contributed by atoms with Crippen LogP contribution in [0.3, 0.4) is 0 Å². The Balaban J connectivity index is 1.42. The molecular formula is C24H30N2O3. The van der Waals surface area contributed by atoms with Crippen LogP contribution >= 0.6 is 0 Å². The molecule has 154 valence electrons. The number of ether oxygens (including phenoxy) is 2. The molecule has 0 radical (unpaired) electrons. The predicted molar refractivity (Wildman–Crippen MR) is 113 cm³/mol. The molecule has 0 aromatic heterocycles. The zero-order chi connectivity index (χ0) is 20.2. The highest BCUT2D eigenvalue weighted by atomic mass is 16.5. The third-order valence-corrected chi connectivity index (χ3v) is 5.95. The fourth-order valence-corrected chi connectivity index (χ4v) is 4.21. The Hall–Kier alpha value is -2.53. The number of fused-ring (bicyclic) bond motifs is 1. The molecule has 2 aromatic rings. The molecule has 1 atom stereocenters. The van der Waals surface area contributed by atoms with Crippen LogP contribution < -0.4 is 9.47 Å². The molecular weight excluding hydrogens is 364 g/mol. The summed E-state index contributed by atoms with van der Waals surface area (Å²) < 4.78 is 11.6. The maximum Gasteiger partial charge on any atom is 0.236 e. The number of likely N-dealkylation sites (N-methyl/N-ethyl adjacent to an activating group) is 1. The van der Waals surface area contributed by atoms with E-state index in [1.807, 2.05) is 30.1 Å². The number of carbonyl (C=O) groups is 1. The summed E-state index contributed by atoms with van der Waals surface area (Å²) in [7, 11) is 1.90. The van der Waals surface area contributed by atoms with E-state index in [0.29, 0.717) is 26.3 Å². The van der Waals surface area contributed by atoms with E-state index in [1.54, 1.807) is 0 Å². The van der Waals surface area contributed by atoms with Crippen molar-refractivity contribution in [3.8, 4) is 11.5 Å². The van der Waals surface area contributed by atoms with Crippen LogP contribution in [0.5, 0.6) is 11.5 Å². The van der Waals surface area contributed by atoms with Gasteiger partial charge in [0.05, 0.1) is 19.8 Å². The average molecular weight is 395 g/mol. The van der Waals surface area contributed by atoms with Gasteiger partial charge in [-0.05, 0) is 55.1 Å². The molecule has 5 heteroatoms. The minimum absolute atomic E-state index is 0.162. The minimum Gasteiger partial charge on any atom is -0.490 e. The van der Waals surface area contributed by atoms with E-state index in [2.05, 4.69) is 36.1 Å². The number of amides is 1. The van der Waals surface area contributed by atoms with Crippen molar-refractivity contribution in [1.29, 1.82) is 0 Å². The lowest BCUT2D eigenvalue weighted by atomic mass is 10.0. The van der Waals surface area contributed by atoms with Crippen molar-refractivity contribution in [3.63, 3.8) is 0 Å². The summed E-state index contributed by atoms with van der Waals surface area (Å²) in [6.07, 6.45) is 3.07. The Labute approximate surface area is 173 Å². The number of carbonyl (C=O) groups excluding carboxylic acids is 1. The molecule has 29 heavy (non-hydrogen) atoms. The molecule has 5 nitrogen and oxygen atoms in total. The molecule has 1 fully saturated rings. The van der Waals surface area contributed by atoms with E-state index in [-0.39, 0.29) is 11.9 Å². The first-order valence-electron chi connectivity index (χ1n) is 10.5. The van der Waals surface area contributed by atoms with Gasteiger partial charge in [0.1, 0.15) is 0 Å². The topological polar surface area (TPSA) is 42.0 Å². The quantitative estimate of drug-likeness (QED) is 0.770. The lowest BCUT2D eigenvalue weighted by Gasteiger charge is -2.27. The molecule has 1 amide bonds. The van der Waals surface area contributed by atoms with Gasteiger partial charge in [-0.1, -0.05) is 30.3 Å². The van der Waals surface area contributed by atoms with Crippen LogP contribution in [0.2, 0.25) is 0 Å². The molecule has 2 aromatic carbocycles.